The van der Waals surface area contributed by atoms with Crippen LogP contribution in [0, 0.1) is 0 Å². The number of nitrogens with one attached hydrogen (secondary N) is 1. The van der Waals surface area contributed by atoms with Crippen LogP contribution in [0.5, 0.6) is 0 Å². The lowest BCUT2D eigenvalue weighted by Crippen LogP contribution is -2.31. The van der Waals surface area contributed by atoms with Crippen molar-refractivity contribution in [2.75, 3.05) is 0 Å². The van der Waals surface area contributed by atoms with E-state index in [4.69, 9.17) is 5.11 Å². The summed E-state index contributed by atoms with van der Waals surface area (Å²) in [6.07, 6.45) is 8.92. The maximum atomic E-state index is 11.0. The number of hydrogen-bond donors (Lipinski definition) is 2. The van der Waals surface area contributed by atoms with Crippen LogP contribution in [-0.2, 0) is 6.54 Å². The zero-order valence-corrected chi connectivity index (χ0v) is 9.72. The van der Waals surface area contributed by atoms with E-state index in [0.717, 1.165) is 0 Å². The fraction of sp³-hybridized carbons (Fsp3) is 0.583. The van der Waals surface area contributed by atoms with Crippen LogP contribution in [-0.4, -0.2) is 27.1 Å². The van der Waals surface area contributed by atoms with E-state index in [9.17, 15) is 4.79 Å². The lowest BCUT2D eigenvalue weighted by molar-refractivity contribution is 0.0694. The zero-order valence-electron chi connectivity index (χ0n) is 9.72. The summed E-state index contributed by atoms with van der Waals surface area (Å²) in [7, 11) is 0. The Balaban J connectivity index is 1.96. The van der Waals surface area contributed by atoms with Crippen LogP contribution in [0.4, 0.5) is 0 Å². The van der Waals surface area contributed by atoms with Gasteiger partial charge in [0.15, 0.2) is 0 Å². The van der Waals surface area contributed by atoms with E-state index in [2.05, 4.69) is 15.3 Å². The summed E-state index contributed by atoms with van der Waals surface area (Å²) in [5, 5.41) is 12.4. The van der Waals surface area contributed by atoms with Crippen molar-refractivity contribution in [2.45, 2.75) is 44.7 Å². The van der Waals surface area contributed by atoms with Gasteiger partial charge in [-0.15, -0.1) is 0 Å². The molecule has 17 heavy (non-hydrogen) atoms. The molecule has 5 heteroatoms. The van der Waals surface area contributed by atoms with E-state index >= 15 is 0 Å². The third-order valence-electron chi connectivity index (χ3n) is 3.19. The maximum absolute atomic E-state index is 11.0. The van der Waals surface area contributed by atoms with Crippen molar-refractivity contribution >= 4 is 5.97 Å². The van der Waals surface area contributed by atoms with Gasteiger partial charge in [-0.3, -0.25) is 0 Å². The van der Waals surface area contributed by atoms with Crippen LogP contribution >= 0.6 is 0 Å². The number of aromatic nitrogens is 2. The van der Waals surface area contributed by atoms with Crippen LogP contribution < -0.4 is 5.32 Å². The Morgan fingerprint density at radius 2 is 2.18 bits per heavy atom. The van der Waals surface area contributed by atoms with Crippen molar-refractivity contribution in [3.63, 3.8) is 0 Å². The number of rotatable bonds is 4. The van der Waals surface area contributed by atoms with E-state index in [1.165, 1.54) is 44.6 Å². The summed E-state index contributed by atoms with van der Waals surface area (Å²) in [6.45, 7) is 0.509. The number of carboxylic acids is 1. The first-order chi connectivity index (χ1) is 8.27. The van der Waals surface area contributed by atoms with Gasteiger partial charge in [-0.05, 0) is 12.8 Å². The second kappa shape index (κ2) is 5.72. The zero-order chi connectivity index (χ0) is 12.1. The molecule has 0 amide bonds. The molecule has 1 aliphatic carbocycles. The highest BCUT2D eigenvalue weighted by Gasteiger charge is 2.15. The highest BCUT2D eigenvalue weighted by Crippen LogP contribution is 2.17. The van der Waals surface area contributed by atoms with Crippen molar-refractivity contribution in [1.82, 2.24) is 15.3 Å². The minimum absolute atomic E-state index is 0.191. The van der Waals surface area contributed by atoms with Crippen LogP contribution in [0.25, 0.3) is 0 Å². The molecule has 1 fully saturated rings. The Bertz CT molecular complexity index is 389. The van der Waals surface area contributed by atoms with Crippen LogP contribution in [0.3, 0.4) is 0 Å². The van der Waals surface area contributed by atoms with Crippen molar-refractivity contribution in [2.24, 2.45) is 0 Å². The van der Waals surface area contributed by atoms with Gasteiger partial charge < -0.3 is 10.4 Å². The molecule has 0 radical (unpaired) electrons. The van der Waals surface area contributed by atoms with Gasteiger partial charge in [0, 0.05) is 18.8 Å². The summed E-state index contributed by atoms with van der Waals surface area (Å²) in [5.41, 5.74) is 0.758. The largest absolute Gasteiger partial charge is 0.478 e. The lowest BCUT2D eigenvalue weighted by atomic mass is 9.95. The summed E-state index contributed by atoms with van der Waals surface area (Å²) < 4.78 is 0. The van der Waals surface area contributed by atoms with Crippen molar-refractivity contribution in [3.05, 3.63) is 23.8 Å². The molecule has 5 nitrogen and oxygen atoms in total. The molecule has 1 aromatic rings. The Hall–Kier alpha value is -1.49. The molecule has 1 aromatic heterocycles. The second-order valence-corrected chi connectivity index (χ2v) is 4.40. The standard InChI is InChI=1S/C12H17N3O2/c16-12(17)10-6-13-8-15-11(10)7-14-9-4-2-1-3-5-9/h6,8-9,14H,1-5,7H2,(H,16,17). The van der Waals surface area contributed by atoms with Gasteiger partial charge >= 0.3 is 5.97 Å². The smallest absolute Gasteiger partial charge is 0.339 e. The third-order valence-corrected chi connectivity index (χ3v) is 3.19. The Kier molecular flexibility index (Phi) is 4.03. The quantitative estimate of drug-likeness (QED) is 0.829. The lowest BCUT2D eigenvalue weighted by Gasteiger charge is -2.22. The highest BCUT2D eigenvalue weighted by atomic mass is 16.4. The molecule has 2 N–H and O–H groups in total. The van der Waals surface area contributed by atoms with Crippen LogP contribution in [0.2, 0.25) is 0 Å². The summed E-state index contributed by atoms with van der Waals surface area (Å²) >= 11 is 0. The van der Waals surface area contributed by atoms with Crippen LogP contribution in [0.15, 0.2) is 12.5 Å². The predicted octanol–water partition coefficient (Wildman–Crippen LogP) is 1.60. The van der Waals surface area contributed by atoms with Crippen molar-refractivity contribution in [1.29, 1.82) is 0 Å². The van der Waals surface area contributed by atoms with E-state index < -0.39 is 5.97 Å². The second-order valence-electron chi connectivity index (χ2n) is 4.40. The first kappa shape index (κ1) is 12.0. The monoisotopic (exact) mass is 235 g/mol. The fourth-order valence-corrected chi connectivity index (χ4v) is 2.22. The third kappa shape index (κ3) is 3.23. The molecular weight excluding hydrogens is 218 g/mol. The molecule has 0 bridgehead atoms. The Morgan fingerprint density at radius 3 is 2.88 bits per heavy atom. The molecule has 1 heterocycles. The summed E-state index contributed by atoms with van der Waals surface area (Å²) in [6, 6.07) is 0.500. The molecule has 1 aliphatic rings. The van der Waals surface area contributed by atoms with Gasteiger partial charge in [0.1, 0.15) is 11.9 Å². The first-order valence-electron chi connectivity index (χ1n) is 6.03. The molecule has 0 unspecified atom stereocenters. The SMILES string of the molecule is O=C(O)c1cncnc1CNC1CCCCC1. The van der Waals surface area contributed by atoms with Gasteiger partial charge in [0.25, 0.3) is 0 Å². The first-order valence-corrected chi connectivity index (χ1v) is 6.03. The molecule has 0 aromatic carbocycles. The molecular formula is C12H17N3O2. The van der Waals surface area contributed by atoms with Gasteiger partial charge in [-0.1, -0.05) is 19.3 Å². The molecule has 2 rings (SSSR count). The van der Waals surface area contributed by atoms with E-state index in [-0.39, 0.29) is 5.56 Å². The van der Waals surface area contributed by atoms with E-state index in [1.807, 2.05) is 0 Å². The number of aromatic carboxylic acids is 1. The molecule has 0 spiro atoms. The van der Waals surface area contributed by atoms with Crippen molar-refractivity contribution < 1.29 is 9.90 Å². The number of carboxylic acid groups (broad SMARTS) is 1. The average molecular weight is 235 g/mol. The molecule has 92 valence electrons. The van der Waals surface area contributed by atoms with Gasteiger partial charge in [-0.2, -0.15) is 0 Å². The van der Waals surface area contributed by atoms with Crippen LogP contribution in [0.1, 0.15) is 48.2 Å². The molecule has 0 atom stereocenters. The van der Waals surface area contributed by atoms with Crippen molar-refractivity contribution in [3.8, 4) is 0 Å². The molecule has 1 saturated carbocycles. The number of carbonyl (C=O) groups is 1. The van der Waals surface area contributed by atoms with Gasteiger partial charge in [0.2, 0.25) is 0 Å². The van der Waals surface area contributed by atoms with Gasteiger partial charge in [-0.25, -0.2) is 14.8 Å². The highest BCUT2D eigenvalue weighted by molar-refractivity contribution is 5.88. The fourth-order valence-electron chi connectivity index (χ4n) is 2.22. The minimum Gasteiger partial charge on any atom is -0.478 e. The summed E-state index contributed by atoms with van der Waals surface area (Å²) in [5.74, 6) is -0.967. The Labute approximate surface area is 100 Å². The van der Waals surface area contributed by atoms with Gasteiger partial charge in [0.05, 0.1) is 5.69 Å². The van der Waals surface area contributed by atoms with E-state index in [1.54, 1.807) is 0 Å². The molecule has 0 saturated heterocycles. The normalized spacial score (nSPS) is 16.9. The maximum Gasteiger partial charge on any atom is 0.339 e. The predicted molar refractivity (Wildman–Crippen MR) is 62.7 cm³/mol. The number of nitrogens with zero attached hydrogens (tertiary/aromatic N) is 2. The minimum atomic E-state index is -0.967. The topological polar surface area (TPSA) is 75.1 Å². The van der Waals surface area contributed by atoms with E-state index in [0.29, 0.717) is 18.3 Å². The average Bonchev–Trinajstić information content (AvgIpc) is 2.38. The molecule has 0 aliphatic heterocycles. The summed E-state index contributed by atoms with van der Waals surface area (Å²) in [4.78, 5) is 18.7. The Morgan fingerprint density at radius 1 is 1.41 bits per heavy atom. The number of hydrogen-bond acceptors (Lipinski definition) is 4.